The molecule has 7 atom stereocenters. The van der Waals surface area contributed by atoms with E-state index < -0.39 is 11.9 Å². The average Bonchev–Trinajstić information content (AvgIpc) is 3.11. The number of nitriles is 1. The highest BCUT2D eigenvalue weighted by atomic mass is 16.2. The minimum atomic E-state index is -0.732. The topological polar surface area (TPSA) is 137 Å². The van der Waals surface area contributed by atoms with Crippen LogP contribution in [0.3, 0.4) is 0 Å². The van der Waals surface area contributed by atoms with Gasteiger partial charge >= 0.3 is 0 Å². The van der Waals surface area contributed by atoms with E-state index >= 15 is 0 Å². The molecule has 1 aromatic carbocycles. The van der Waals surface area contributed by atoms with E-state index in [1.54, 1.807) is 17.0 Å². The number of carbonyl (C=O) groups is 3. The summed E-state index contributed by atoms with van der Waals surface area (Å²) < 4.78 is 0. The Morgan fingerprint density at radius 3 is 2.56 bits per heavy atom. The van der Waals surface area contributed by atoms with Gasteiger partial charge in [0.1, 0.15) is 6.04 Å². The van der Waals surface area contributed by atoms with Crippen LogP contribution in [0.4, 0.5) is 0 Å². The summed E-state index contributed by atoms with van der Waals surface area (Å²) in [5.41, 5.74) is 13.0. The molecule has 1 aromatic rings. The van der Waals surface area contributed by atoms with E-state index in [4.69, 9.17) is 11.5 Å². The summed E-state index contributed by atoms with van der Waals surface area (Å²) in [6, 6.07) is 8.01. The van der Waals surface area contributed by atoms with Crippen LogP contribution in [0, 0.1) is 17.2 Å². The number of rotatable bonds is 6. The molecule has 4 fully saturated rings. The Morgan fingerprint density at radius 2 is 1.94 bits per heavy atom. The van der Waals surface area contributed by atoms with Gasteiger partial charge in [0.05, 0.1) is 24.2 Å². The zero-order valence-electron chi connectivity index (χ0n) is 18.1. The highest BCUT2D eigenvalue weighted by molar-refractivity contribution is 5.92. The largest absolute Gasteiger partial charge is 0.366 e. The van der Waals surface area contributed by atoms with Gasteiger partial charge in [0.25, 0.3) is 0 Å². The van der Waals surface area contributed by atoms with Crippen molar-refractivity contribution in [2.24, 2.45) is 17.4 Å². The van der Waals surface area contributed by atoms with Crippen LogP contribution in [0.25, 0.3) is 0 Å². The first-order valence-electron chi connectivity index (χ1n) is 11.2. The molecule has 2 bridgehead atoms. The van der Waals surface area contributed by atoms with E-state index in [0.717, 1.165) is 24.8 Å². The molecule has 0 radical (unpaired) electrons. The number of carbonyl (C=O) groups excluding carboxylic acids is 3. The number of amides is 3. The Morgan fingerprint density at radius 1 is 1.22 bits per heavy atom. The van der Waals surface area contributed by atoms with Crippen LogP contribution in [0.5, 0.6) is 0 Å². The molecule has 3 heterocycles. The number of hydrogen-bond acceptors (Lipinski definition) is 6. The Labute approximate surface area is 186 Å². The predicted molar refractivity (Wildman–Crippen MR) is 115 cm³/mol. The van der Waals surface area contributed by atoms with Gasteiger partial charge in [0.15, 0.2) is 0 Å². The second kappa shape index (κ2) is 7.57. The second-order valence-electron chi connectivity index (χ2n) is 9.56. The van der Waals surface area contributed by atoms with E-state index in [2.05, 4.69) is 6.07 Å². The van der Waals surface area contributed by atoms with E-state index in [0.29, 0.717) is 24.6 Å². The third-order valence-corrected chi connectivity index (χ3v) is 7.67. The SMILES string of the molecule is C[C@H](c1ccc(C(N)=O)cc1)N1C(=O)[C@H]2C[C@@H]1CN2C[C@H](N)C(=O)N1C2C[C@H]2C[C@H]1C#N. The number of piperidine rings is 1. The van der Waals surface area contributed by atoms with Gasteiger partial charge < -0.3 is 21.3 Å². The monoisotopic (exact) mass is 436 g/mol. The van der Waals surface area contributed by atoms with Gasteiger partial charge in [-0.25, -0.2) is 0 Å². The zero-order valence-corrected chi connectivity index (χ0v) is 18.1. The molecule has 3 amide bonds. The van der Waals surface area contributed by atoms with Gasteiger partial charge in [0, 0.05) is 30.7 Å². The predicted octanol–water partition coefficient (Wildman–Crippen LogP) is -0.0281. The van der Waals surface area contributed by atoms with Crippen LogP contribution in [0.15, 0.2) is 24.3 Å². The molecule has 9 nitrogen and oxygen atoms in total. The quantitative estimate of drug-likeness (QED) is 0.643. The molecule has 1 unspecified atom stereocenters. The Kier molecular flexibility index (Phi) is 4.95. The van der Waals surface area contributed by atoms with Crippen LogP contribution < -0.4 is 11.5 Å². The number of piperazine rings is 1. The van der Waals surface area contributed by atoms with Crippen molar-refractivity contribution >= 4 is 17.7 Å². The smallest absolute Gasteiger partial charge is 0.248 e. The maximum Gasteiger partial charge on any atom is 0.248 e. The molecule has 4 N–H and O–H groups in total. The normalized spacial score (nSPS) is 32.5. The minimum absolute atomic E-state index is 0.0470. The van der Waals surface area contributed by atoms with Crippen molar-refractivity contribution in [2.75, 3.05) is 13.1 Å². The summed E-state index contributed by atoms with van der Waals surface area (Å²) >= 11 is 0. The first-order valence-corrected chi connectivity index (χ1v) is 11.2. The fourth-order valence-corrected chi connectivity index (χ4v) is 5.90. The van der Waals surface area contributed by atoms with E-state index in [1.807, 2.05) is 28.9 Å². The van der Waals surface area contributed by atoms with Crippen molar-refractivity contribution in [3.63, 3.8) is 0 Å². The van der Waals surface area contributed by atoms with Crippen molar-refractivity contribution in [1.29, 1.82) is 5.26 Å². The van der Waals surface area contributed by atoms with Crippen LogP contribution >= 0.6 is 0 Å². The third-order valence-electron chi connectivity index (χ3n) is 7.67. The lowest BCUT2D eigenvalue weighted by Gasteiger charge is -2.38. The number of hydrogen-bond donors (Lipinski definition) is 2. The van der Waals surface area contributed by atoms with Gasteiger partial charge in [-0.3, -0.25) is 19.3 Å². The van der Waals surface area contributed by atoms with Crippen molar-refractivity contribution < 1.29 is 14.4 Å². The van der Waals surface area contributed by atoms with Crippen molar-refractivity contribution in [3.8, 4) is 6.07 Å². The fraction of sp³-hybridized carbons (Fsp3) is 0.565. The fourth-order valence-electron chi connectivity index (χ4n) is 5.90. The maximum absolute atomic E-state index is 13.2. The Hall–Kier alpha value is -2.96. The van der Waals surface area contributed by atoms with Crippen LogP contribution in [0.2, 0.25) is 0 Å². The minimum Gasteiger partial charge on any atom is -0.366 e. The van der Waals surface area contributed by atoms with Gasteiger partial charge in [0.2, 0.25) is 17.7 Å². The number of fused-ring (bicyclic) bond motifs is 3. The summed E-state index contributed by atoms with van der Waals surface area (Å²) in [6.07, 6.45) is 2.44. The molecule has 4 aliphatic rings. The number of nitrogens with two attached hydrogens (primary N) is 2. The van der Waals surface area contributed by atoms with Crippen LogP contribution in [-0.4, -0.2) is 75.7 Å². The van der Waals surface area contributed by atoms with Crippen LogP contribution in [0.1, 0.15) is 48.1 Å². The maximum atomic E-state index is 13.2. The molecule has 9 heteroatoms. The van der Waals surface area contributed by atoms with Gasteiger partial charge in [-0.05, 0) is 49.8 Å². The van der Waals surface area contributed by atoms with Gasteiger partial charge in [-0.1, -0.05) is 12.1 Å². The number of likely N-dealkylation sites (tertiary alicyclic amines) is 3. The Bertz CT molecular complexity index is 1000. The summed E-state index contributed by atoms with van der Waals surface area (Å²) in [5.74, 6) is -0.149. The van der Waals surface area contributed by atoms with Crippen molar-refractivity contribution in [2.45, 2.75) is 62.4 Å². The highest BCUT2D eigenvalue weighted by Gasteiger charge is 2.56. The van der Waals surface area contributed by atoms with Crippen LogP contribution in [-0.2, 0) is 9.59 Å². The molecule has 5 rings (SSSR count). The Balaban J connectivity index is 1.22. The summed E-state index contributed by atoms with van der Waals surface area (Å²) in [7, 11) is 0. The first kappa shape index (κ1) is 20.9. The lowest BCUT2D eigenvalue weighted by Crippen LogP contribution is -2.57. The zero-order chi connectivity index (χ0) is 22.7. The number of nitrogens with zero attached hydrogens (tertiary/aromatic N) is 4. The molecule has 0 aromatic heterocycles. The highest BCUT2D eigenvalue weighted by Crippen LogP contribution is 2.48. The molecule has 1 aliphatic carbocycles. The number of primary amides is 1. The average molecular weight is 437 g/mol. The molecule has 0 spiro atoms. The molecule has 3 aliphatic heterocycles. The molecule has 3 saturated heterocycles. The van der Waals surface area contributed by atoms with Crippen molar-refractivity contribution in [3.05, 3.63) is 35.4 Å². The van der Waals surface area contributed by atoms with Gasteiger partial charge in [-0.2, -0.15) is 5.26 Å². The molecular weight excluding hydrogens is 408 g/mol. The van der Waals surface area contributed by atoms with E-state index in [9.17, 15) is 19.6 Å². The third kappa shape index (κ3) is 3.26. The molecule has 32 heavy (non-hydrogen) atoms. The van der Waals surface area contributed by atoms with E-state index in [1.165, 1.54) is 0 Å². The lowest BCUT2D eigenvalue weighted by molar-refractivity contribution is -0.141. The lowest BCUT2D eigenvalue weighted by atomic mass is 10.0. The molecule has 1 saturated carbocycles. The van der Waals surface area contributed by atoms with E-state index in [-0.39, 0.29) is 42.0 Å². The summed E-state index contributed by atoms with van der Waals surface area (Å²) in [5, 5.41) is 9.36. The second-order valence-corrected chi connectivity index (χ2v) is 9.56. The molecule has 168 valence electrons. The number of benzene rings is 1. The standard InChI is InChI=1S/C23H28N6O3/c1-12(13-2-4-14(5-3-13)21(26)30)28-17-8-20(23(28)32)27(10-17)11-18(25)22(31)29-16(9-24)6-15-7-19(15)29/h2-5,12,15-20H,6-8,10-11,25H2,1H3,(H2,26,30)/t12-,15-,16+,17-,18+,19?,20-/m1/s1. The van der Waals surface area contributed by atoms with Crippen molar-refractivity contribution in [1.82, 2.24) is 14.7 Å². The molecular formula is C23H28N6O3. The van der Waals surface area contributed by atoms with Gasteiger partial charge in [-0.15, -0.1) is 0 Å². The first-order chi connectivity index (χ1) is 15.3. The summed E-state index contributed by atoms with van der Waals surface area (Å²) in [6.45, 7) is 2.99. The summed E-state index contributed by atoms with van der Waals surface area (Å²) in [4.78, 5) is 43.0.